The Hall–Kier alpha value is -0.0800. The maximum atomic E-state index is 3.54. The third kappa shape index (κ3) is 2.96. The van der Waals surface area contributed by atoms with Gasteiger partial charge in [0.05, 0.1) is 0 Å². The van der Waals surface area contributed by atoms with E-state index in [0.717, 1.165) is 18.6 Å². The smallest absolute Gasteiger partial charge is 0.0207 e. The summed E-state index contributed by atoms with van der Waals surface area (Å²) in [5, 5.41) is 3.54. The molecule has 0 radical (unpaired) electrons. The molecule has 0 amide bonds. The lowest BCUT2D eigenvalue weighted by atomic mass is 10.1. The van der Waals surface area contributed by atoms with Gasteiger partial charge in [0, 0.05) is 25.2 Å². The van der Waals surface area contributed by atoms with E-state index in [-0.39, 0.29) is 0 Å². The molecule has 0 aromatic rings. The van der Waals surface area contributed by atoms with Crippen LogP contribution in [0.4, 0.5) is 0 Å². The SMILES string of the molecule is CCNC1CCN(C(CC)CC)C1. The highest BCUT2D eigenvalue weighted by molar-refractivity contribution is 4.84. The van der Waals surface area contributed by atoms with Gasteiger partial charge in [-0.25, -0.2) is 0 Å². The first-order chi connectivity index (χ1) is 6.31. The van der Waals surface area contributed by atoms with Gasteiger partial charge in [0.25, 0.3) is 0 Å². The van der Waals surface area contributed by atoms with Crippen molar-refractivity contribution in [3.8, 4) is 0 Å². The van der Waals surface area contributed by atoms with Gasteiger partial charge in [0.15, 0.2) is 0 Å². The second kappa shape index (κ2) is 5.61. The molecule has 0 spiro atoms. The molecule has 1 saturated heterocycles. The molecule has 0 aromatic heterocycles. The van der Waals surface area contributed by atoms with Gasteiger partial charge in [-0.3, -0.25) is 4.90 Å². The summed E-state index contributed by atoms with van der Waals surface area (Å²) < 4.78 is 0. The molecule has 1 aliphatic heterocycles. The number of hydrogen-bond donors (Lipinski definition) is 1. The zero-order chi connectivity index (χ0) is 9.68. The molecule has 13 heavy (non-hydrogen) atoms. The van der Waals surface area contributed by atoms with E-state index in [2.05, 4.69) is 31.0 Å². The van der Waals surface area contributed by atoms with Crippen LogP contribution in [0.2, 0.25) is 0 Å². The fraction of sp³-hybridized carbons (Fsp3) is 1.00. The highest BCUT2D eigenvalue weighted by atomic mass is 15.2. The van der Waals surface area contributed by atoms with Gasteiger partial charge in [0.2, 0.25) is 0 Å². The molecule has 2 nitrogen and oxygen atoms in total. The van der Waals surface area contributed by atoms with E-state index < -0.39 is 0 Å². The van der Waals surface area contributed by atoms with E-state index in [9.17, 15) is 0 Å². The molecule has 0 aromatic carbocycles. The van der Waals surface area contributed by atoms with Gasteiger partial charge in [-0.15, -0.1) is 0 Å². The zero-order valence-corrected chi connectivity index (χ0v) is 9.34. The van der Waals surface area contributed by atoms with Crippen molar-refractivity contribution in [1.29, 1.82) is 0 Å². The number of hydrogen-bond acceptors (Lipinski definition) is 2. The average Bonchev–Trinajstić information content (AvgIpc) is 2.56. The Bertz CT molecular complexity index is 132. The summed E-state index contributed by atoms with van der Waals surface area (Å²) in [4.78, 5) is 2.65. The van der Waals surface area contributed by atoms with E-state index in [0.29, 0.717) is 0 Å². The molecule has 1 N–H and O–H groups in total. The Balaban J connectivity index is 2.30. The molecule has 1 unspecified atom stereocenters. The molecule has 2 heteroatoms. The highest BCUT2D eigenvalue weighted by Crippen LogP contribution is 2.16. The van der Waals surface area contributed by atoms with Crippen LogP contribution in [-0.2, 0) is 0 Å². The Morgan fingerprint density at radius 1 is 1.31 bits per heavy atom. The number of likely N-dealkylation sites (tertiary alicyclic amines) is 1. The molecule has 1 rings (SSSR count). The van der Waals surface area contributed by atoms with Crippen LogP contribution in [0.25, 0.3) is 0 Å². The average molecular weight is 184 g/mol. The van der Waals surface area contributed by atoms with E-state index in [1.807, 2.05) is 0 Å². The number of rotatable bonds is 5. The lowest BCUT2D eigenvalue weighted by Crippen LogP contribution is -2.36. The first-order valence-electron chi connectivity index (χ1n) is 5.79. The summed E-state index contributed by atoms with van der Waals surface area (Å²) in [6.45, 7) is 10.5. The van der Waals surface area contributed by atoms with Crippen molar-refractivity contribution in [2.75, 3.05) is 19.6 Å². The van der Waals surface area contributed by atoms with Crippen LogP contribution in [-0.4, -0.2) is 36.6 Å². The molecule has 78 valence electrons. The van der Waals surface area contributed by atoms with E-state index in [1.54, 1.807) is 0 Å². The zero-order valence-electron chi connectivity index (χ0n) is 9.34. The Kier molecular flexibility index (Phi) is 4.74. The minimum Gasteiger partial charge on any atom is -0.313 e. The molecular formula is C11H24N2. The number of nitrogens with zero attached hydrogens (tertiary/aromatic N) is 1. The van der Waals surface area contributed by atoms with Crippen LogP contribution >= 0.6 is 0 Å². The normalized spacial score (nSPS) is 24.5. The molecular weight excluding hydrogens is 160 g/mol. The molecule has 1 atom stereocenters. The van der Waals surface area contributed by atoms with E-state index in [4.69, 9.17) is 0 Å². The summed E-state index contributed by atoms with van der Waals surface area (Å²) in [7, 11) is 0. The van der Waals surface area contributed by atoms with Gasteiger partial charge < -0.3 is 5.32 Å². The summed E-state index contributed by atoms with van der Waals surface area (Å²) in [5.41, 5.74) is 0. The van der Waals surface area contributed by atoms with Crippen LogP contribution in [0, 0.1) is 0 Å². The predicted molar refractivity (Wildman–Crippen MR) is 58.0 cm³/mol. The minimum atomic E-state index is 0.755. The molecule has 1 heterocycles. The maximum absolute atomic E-state index is 3.54. The fourth-order valence-corrected chi connectivity index (χ4v) is 2.38. The van der Waals surface area contributed by atoms with Crippen molar-refractivity contribution in [2.24, 2.45) is 0 Å². The van der Waals surface area contributed by atoms with Crippen molar-refractivity contribution in [3.63, 3.8) is 0 Å². The van der Waals surface area contributed by atoms with Crippen molar-refractivity contribution >= 4 is 0 Å². The van der Waals surface area contributed by atoms with Crippen molar-refractivity contribution in [1.82, 2.24) is 10.2 Å². The second-order valence-corrected chi connectivity index (χ2v) is 4.01. The Morgan fingerprint density at radius 3 is 2.54 bits per heavy atom. The first-order valence-corrected chi connectivity index (χ1v) is 5.79. The molecule has 0 saturated carbocycles. The van der Waals surface area contributed by atoms with Gasteiger partial charge in [-0.05, 0) is 25.8 Å². The lowest BCUT2D eigenvalue weighted by molar-refractivity contribution is 0.225. The maximum Gasteiger partial charge on any atom is 0.0207 e. The van der Waals surface area contributed by atoms with Crippen molar-refractivity contribution in [2.45, 2.75) is 52.1 Å². The van der Waals surface area contributed by atoms with Crippen LogP contribution in [0.5, 0.6) is 0 Å². The monoisotopic (exact) mass is 184 g/mol. The largest absolute Gasteiger partial charge is 0.313 e. The molecule has 0 aliphatic carbocycles. The van der Waals surface area contributed by atoms with Crippen molar-refractivity contribution in [3.05, 3.63) is 0 Å². The quantitative estimate of drug-likeness (QED) is 0.701. The Labute approximate surface area is 82.7 Å². The van der Waals surface area contributed by atoms with Crippen LogP contribution in [0.3, 0.4) is 0 Å². The van der Waals surface area contributed by atoms with Crippen LogP contribution in [0.1, 0.15) is 40.0 Å². The first kappa shape index (κ1) is 11.0. The lowest BCUT2D eigenvalue weighted by Gasteiger charge is -2.25. The summed E-state index contributed by atoms with van der Waals surface area (Å²) in [5.74, 6) is 0. The standard InChI is InChI=1S/C11H24N2/c1-4-11(5-2)13-8-7-10(9-13)12-6-3/h10-12H,4-9H2,1-3H3. The molecule has 0 bridgehead atoms. The number of likely N-dealkylation sites (N-methyl/N-ethyl adjacent to an activating group) is 1. The van der Waals surface area contributed by atoms with E-state index >= 15 is 0 Å². The van der Waals surface area contributed by atoms with Gasteiger partial charge in [-0.1, -0.05) is 20.8 Å². The predicted octanol–water partition coefficient (Wildman–Crippen LogP) is 1.86. The third-order valence-electron chi connectivity index (χ3n) is 3.17. The van der Waals surface area contributed by atoms with Gasteiger partial charge >= 0.3 is 0 Å². The van der Waals surface area contributed by atoms with Crippen LogP contribution in [0.15, 0.2) is 0 Å². The second-order valence-electron chi connectivity index (χ2n) is 4.01. The van der Waals surface area contributed by atoms with E-state index in [1.165, 1.54) is 32.4 Å². The van der Waals surface area contributed by atoms with Crippen molar-refractivity contribution < 1.29 is 0 Å². The summed E-state index contributed by atoms with van der Waals surface area (Å²) >= 11 is 0. The van der Waals surface area contributed by atoms with Crippen LogP contribution < -0.4 is 5.32 Å². The molecule has 1 fully saturated rings. The topological polar surface area (TPSA) is 15.3 Å². The van der Waals surface area contributed by atoms with Gasteiger partial charge in [-0.2, -0.15) is 0 Å². The third-order valence-corrected chi connectivity index (χ3v) is 3.17. The number of nitrogens with one attached hydrogen (secondary N) is 1. The fourth-order valence-electron chi connectivity index (χ4n) is 2.38. The highest BCUT2D eigenvalue weighted by Gasteiger charge is 2.25. The summed E-state index contributed by atoms with van der Waals surface area (Å²) in [6.07, 6.45) is 3.94. The summed E-state index contributed by atoms with van der Waals surface area (Å²) in [6, 6.07) is 1.58. The minimum absolute atomic E-state index is 0.755. The molecule has 1 aliphatic rings. The Morgan fingerprint density at radius 2 is 2.00 bits per heavy atom. The van der Waals surface area contributed by atoms with Gasteiger partial charge in [0.1, 0.15) is 0 Å².